The number of imide groups is 1. The van der Waals surface area contributed by atoms with Gasteiger partial charge in [-0.25, -0.2) is 0 Å². The van der Waals surface area contributed by atoms with Gasteiger partial charge in [-0.2, -0.15) is 10.2 Å². The van der Waals surface area contributed by atoms with E-state index in [0.29, 0.717) is 18.5 Å². The van der Waals surface area contributed by atoms with Crippen molar-refractivity contribution in [3.63, 3.8) is 0 Å². The molecule has 3 aromatic rings. The lowest BCUT2D eigenvalue weighted by molar-refractivity contribution is -0.136. The van der Waals surface area contributed by atoms with Gasteiger partial charge in [0.25, 0.3) is 5.91 Å². The molecule has 1 fully saturated rings. The number of fused-ring (bicyclic) bond motifs is 1. The molecule has 0 saturated carbocycles. The second-order valence-electron chi connectivity index (χ2n) is 7.29. The SMILES string of the molecule is Cn1ncc(-c2ccc3c(c2)CN(C2CCC(=O)NC2=O)C3=O)c1-c1cn[nH]c1. The first-order valence-electron chi connectivity index (χ1n) is 9.32. The summed E-state index contributed by atoms with van der Waals surface area (Å²) in [5.41, 5.74) is 5.16. The number of hydrogen-bond acceptors (Lipinski definition) is 5. The van der Waals surface area contributed by atoms with Gasteiger partial charge in [-0.05, 0) is 29.7 Å². The van der Waals surface area contributed by atoms with Gasteiger partial charge in [-0.3, -0.25) is 29.5 Å². The lowest BCUT2D eigenvalue weighted by Gasteiger charge is -2.29. The number of carbonyl (C=O) groups is 3. The number of carbonyl (C=O) groups excluding carboxylic acids is 3. The van der Waals surface area contributed by atoms with Gasteiger partial charge in [-0.15, -0.1) is 0 Å². The maximum absolute atomic E-state index is 12.9. The van der Waals surface area contributed by atoms with Gasteiger partial charge in [0.2, 0.25) is 11.8 Å². The Balaban J connectivity index is 1.49. The maximum Gasteiger partial charge on any atom is 0.255 e. The number of aromatic amines is 1. The predicted octanol–water partition coefficient (Wildman–Crippen LogP) is 1.24. The molecule has 2 N–H and O–H groups in total. The maximum atomic E-state index is 12.9. The van der Waals surface area contributed by atoms with Crippen LogP contribution in [-0.2, 0) is 23.2 Å². The van der Waals surface area contributed by atoms with Crippen molar-refractivity contribution in [1.82, 2.24) is 30.2 Å². The number of H-pyrrole nitrogens is 1. The molecule has 0 spiro atoms. The number of rotatable bonds is 3. The topological polar surface area (TPSA) is 113 Å². The Kier molecular flexibility index (Phi) is 3.83. The van der Waals surface area contributed by atoms with E-state index in [4.69, 9.17) is 0 Å². The van der Waals surface area contributed by atoms with Gasteiger partial charge in [0.15, 0.2) is 0 Å². The minimum atomic E-state index is -0.615. The molecule has 146 valence electrons. The smallest absolute Gasteiger partial charge is 0.255 e. The van der Waals surface area contributed by atoms with Gasteiger partial charge in [0, 0.05) is 42.9 Å². The lowest BCUT2D eigenvalue weighted by Crippen LogP contribution is -2.52. The van der Waals surface area contributed by atoms with Gasteiger partial charge in [0.1, 0.15) is 6.04 Å². The van der Waals surface area contributed by atoms with Crippen LogP contribution in [0, 0.1) is 0 Å². The van der Waals surface area contributed by atoms with Crippen LogP contribution < -0.4 is 5.32 Å². The van der Waals surface area contributed by atoms with Crippen molar-refractivity contribution >= 4 is 17.7 Å². The summed E-state index contributed by atoms with van der Waals surface area (Å²) in [5.74, 6) is -0.875. The summed E-state index contributed by atoms with van der Waals surface area (Å²) in [6.45, 7) is 0.343. The number of hydrogen-bond donors (Lipinski definition) is 2. The highest BCUT2D eigenvalue weighted by Crippen LogP contribution is 2.35. The van der Waals surface area contributed by atoms with Crippen LogP contribution in [0.5, 0.6) is 0 Å². The van der Waals surface area contributed by atoms with Gasteiger partial charge in [-0.1, -0.05) is 6.07 Å². The number of benzene rings is 1. The minimum Gasteiger partial charge on any atom is -0.322 e. The summed E-state index contributed by atoms with van der Waals surface area (Å²) in [4.78, 5) is 38.0. The molecule has 1 atom stereocenters. The summed E-state index contributed by atoms with van der Waals surface area (Å²) in [6, 6.07) is 5.05. The van der Waals surface area contributed by atoms with Crippen molar-refractivity contribution < 1.29 is 14.4 Å². The number of amides is 3. The largest absolute Gasteiger partial charge is 0.322 e. The van der Waals surface area contributed by atoms with Gasteiger partial charge < -0.3 is 4.90 Å². The van der Waals surface area contributed by atoms with Crippen LogP contribution in [0.2, 0.25) is 0 Å². The van der Waals surface area contributed by atoms with E-state index in [0.717, 1.165) is 27.9 Å². The third-order valence-corrected chi connectivity index (χ3v) is 5.54. The fraction of sp³-hybridized carbons (Fsp3) is 0.250. The number of aryl methyl sites for hydroxylation is 1. The molecule has 2 aliphatic heterocycles. The van der Waals surface area contributed by atoms with Crippen LogP contribution in [0.1, 0.15) is 28.8 Å². The summed E-state index contributed by atoms with van der Waals surface area (Å²) in [5, 5.41) is 13.5. The van der Waals surface area contributed by atoms with Crippen molar-refractivity contribution in [2.75, 3.05) is 0 Å². The number of nitrogens with one attached hydrogen (secondary N) is 2. The first-order chi connectivity index (χ1) is 14.0. The minimum absolute atomic E-state index is 0.178. The molecule has 2 aromatic heterocycles. The molecule has 1 aromatic carbocycles. The van der Waals surface area contributed by atoms with E-state index in [1.165, 1.54) is 0 Å². The molecule has 3 amide bonds. The van der Waals surface area contributed by atoms with Crippen molar-refractivity contribution in [2.45, 2.75) is 25.4 Å². The normalized spacial score (nSPS) is 18.9. The number of piperidine rings is 1. The van der Waals surface area contributed by atoms with Crippen LogP contribution in [0.4, 0.5) is 0 Å². The van der Waals surface area contributed by atoms with E-state index in [1.54, 1.807) is 28.0 Å². The zero-order valence-electron chi connectivity index (χ0n) is 15.7. The summed E-state index contributed by atoms with van der Waals surface area (Å²) in [6.07, 6.45) is 5.93. The third kappa shape index (κ3) is 2.74. The molecule has 9 heteroatoms. The zero-order valence-corrected chi connectivity index (χ0v) is 15.7. The van der Waals surface area contributed by atoms with E-state index >= 15 is 0 Å². The van der Waals surface area contributed by atoms with Crippen molar-refractivity contribution in [2.24, 2.45) is 7.05 Å². The standard InChI is InChI=1S/C20H18N6O3/c1-25-18(13-7-21-22-8-13)15(9-23-25)11-2-3-14-12(6-11)10-26(20(14)29)16-4-5-17(27)24-19(16)28/h2-3,6-9,16H,4-5,10H2,1H3,(H,21,22)(H,24,27,28). The predicted molar refractivity (Wildman–Crippen MR) is 102 cm³/mol. The second-order valence-corrected chi connectivity index (χ2v) is 7.29. The van der Waals surface area contributed by atoms with E-state index in [1.807, 2.05) is 25.4 Å². The molecule has 0 radical (unpaired) electrons. The molecule has 0 bridgehead atoms. The van der Waals surface area contributed by atoms with Crippen LogP contribution in [0.25, 0.3) is 22.4 Å². The summed E-state index contributed by atoms with van der Waals surface area (Å²) >= 11 is 0. The van der Waals surface area contributed by atoms with E-state index in [2.05, 4.69) is 20.6 Å². The highest BCUT2D eigenvalue weighted by atomic mass is 16.2. The Bertz CT molecular complexity index is 1150. The van der Waals surface area contributed by atoms with Crippen molar-refractivity contribution in [1.29, 1.82) is 0 Å². The Morgan fingerprint density at radius 1 is 1.10 bits per heavy atom. The Morgan fingerprint density at radius 2 is 1.97 bits per heavy atom. The lowest BCUT2D eigenvalue weighted by atomic mass is 9.99. The van der Waals surface area contributed by atoms with Crippen LogP contribution >= 0.6 is 0 Å². The summed E-state index contributed by atoms with van der Waals surface area (Å²) < 4.78 is 1.79. The first-order valence-corrected chi connectivity index (χ1v) is 9.32. The van der Waals surface area contributed by atoms with Gasteiger partial charge in [0.05, 0.1) is 18.1 Å². The fourth-order valence-corrected chi connectivity index (χ4v) is 4.11. The highest BCUT2D eigenvalue weighted by Gasteiger charge is 2.39. The summed E-state index contributed by atoms with van der Waals surface area (Å²) in [7, 11) is 1.87. The van der Waals surface area contributed by atoms with Gasteiger partial charge >= 0.3 is 0 Å². The quantitative estimate of drug-likeness (QED) is 0.654. The van der Waals surface area contributed by atoms with Crippen LogP contribution in [0.15, 0.2) is 36.8 Å². The molecule has 1 unspecified atom stereocenters. The average Bonchev–Trinajstić information content (AvgIpc) is 3.41. The zero-order chi connectivity index (χ0) is 20.1. The first kappa shape index (κ1) is 17.4. The molecule has 4 heterocycles. The third-order valence-electron chi connectivity index (χ3n) is 5.54. The average molecular weight is 390 g/mol. The van der Waals surface area contributed by atoms with E-state index in [-0.39, 0.29) is 18.2 Å². The molecule has 5 rings (SSSR count). The molecule has 0 aliphatic carbocycles. The van der Waals surface area contributed by atoms with Crippen molar-refractivity contribution in [3.8, 4) is 22.4 Å². The van der Waals surface area contributed by atoms with Crippen molar-refractivity contribution in [3.05, 3.63) is 47.9 Å². The molecular formula is C20H18N6O3. The molecule has 29 heavy (non-hydrogen) atoms. The fourth-order valence-electron chi connectivity index (χ4n) is 4.11. The second kappa shape index (κ2) is 6.40. The monoisotopic (exact) mass is 390 g/mol. The highest BCUT2D eigenvalue weighted by molar-refractivity contribution is 6.05. The molecular weight excluding hydrogens is 372 g/mol. The van der Waals surface area contributed by atoms with Crippen LogP contribution in [-0.4, -0.2) is 48.6 Å². The number of aromatic nitrogens is 4. The van der Waals surface area contributed by atoms with E-state index in [9.17, 15) is 14.4 Å². The molecule has 9 nitrogen and oxygen atoms in total. The molecule has 1 saturated heterocycles. The Morgan fingerprint density at radius 3 is 2.72 bits per heavy atom. The Hall–Kier alpha value is -3.75. The van der Waals surface area contributed by atoms with E-state index < -0.39 is 11.9 Å². The van der Waals surface area contributed by atoms with Crippen LogP contribution in [0.3, 0.4) is 0 Å². The number of nitrogens with zero attached hydrogens (tertiary/aromatic N) is 4. The Labute approximate surface area is 165 Å². The molecule has 2 aliphatic rings.